The summed E-state index contributed by atoms with van der Waals surface area (Å²) in [6.07, 6.45) is 66.7. The second-order valence-corrected chi connectivity index (χ2v) is 23.3. The maximum atomic E-state index is 1.58. The third-order valence-corrected chi connectivity index (χ3v) is 19.1. The fourth-order valence-corrected chi connectivity index (χ4v) is 15.4. The molecule has 12 bridgehead atoms. The molecule has 0 radical (unpaired) electrons. The Labute approximate surface area is 345 Å². The van der Waals surface area contributed by atoms with E-state index in [1.807, 2.05) is 0 Å². The molecule has 15 rings (SSSR count). The van der Waals surface area contributed by atoms with Gasteiger partial charge in [-0.2, -0.15) is 0 Å². The maximum Gasteiger partial charge on any atom is -0.0409 e. The van der Waals surface area contributed by atoms with Gasteiger partial charge in [0, 0.05) is 0 Å². The Balaban J connectivity index is 0.000000102. The zero-order valence-corrected chi connectivity index (χ0v) is 37.3. The lowest BCUT2D eigenvalue weighted by molar-refractivity contribution is 0.116. The van der Waals surface area contributed by atoms with Gasteiger partial charge in [0.15, 0.2) is 0 Å². The van der Waals surface area contributed by atoms with Gasteiger partial charge in [0.05, 0.1) is 0 Å². The molecule has 0 aliphatic heterocycles. The van der Waals surface area contributed by atoms with E-state index in [1.165, 1.54) is 82.5 Å². The Bertz CT molecular complexity index is 865. The first kappa shape index (κ1) is 43.1. The van der Waals surface area contributed by atoms with Crippen molar-refractivity contribution in [3.63, 3.8) is 0 Å². The molecule has 318 valence electrons. The van der Waals surface area contributed by atoms with Gasteiger partial charge in [0.1, 0.15) is 0 Å². The molecule has 0 nitrogen and oxygen atoms in total. The van der Waals surface area contributed by atoms with Gasteiger partial charge >= 0.3 is 0 Å². The van der Waals surface area contributed by atoms with E-state index in [4.69, 9.17) is 0 Å². The number of hydrogen-bond acceptors (Lipinski definition) is 0. The highest BCUT2D eigenvalue weighted by Crippen LogP contribution is 2.45. The zero-order chi connectivity index (χ0) is 37.3. The van der Waals surface area contributed by atoms with Crippen LogP contribution in [0.1, 0.15) is 276 Å². The predicted molar refractivity (Wildman–Crippen MR) is 240 cm³/mol. The summed E-state index contributed by atoms with van der Waals surface area (Å²) < 4.78 is 0. The van der Waals surface area contributed by atoms with Gasteiger partial charge in [-0.05, 0) is 96.7 Å². The Kier molecular flexibility index (Phi) is 19.0. The molecule has 15 aliphatic rings. The molecule has 0 heteroatoms. The largest absolute Gasteiger partial charge is 0.0530 e. The lowest BCUT2D eigenvalue weighted by Gasteiger charge is -2.40. The second kappa shape index (κ2) is 24.3. The molecule has 0 heterocycles. The minimum atomic E-state index is 1.11. The van der Waals surface area contributed by atoms with Crippen molar-refractivity contribution in [2.24, 2.45) is 71.0 Å². The number of hydrogen-bond donors (Lipinski definition) is 0. The molecule has 15 aliphatic carbocycles. The van der Waals surface area contributed by atoms with Crippen LogP contribution in [-0.2, 0) is 0 Å². The van der Waals surface area contributed by atoms with Crippen LogP contribution in [-0.4, -0.2) is 0 Å². The van der Waals surface area contributed by atoms with E-state index in [1.54, 1.807) is 205 Å². The van der Waals surface area contributed by atoms with Crippen LogP contribution < -0.4 is 0 Å². The smallest absolute Gasteiger partial charge is 0.0409 e. The van der Waals surface area contributed by atoms with Crippen LogP contribution in [0.15, 0.2) is 0 Å². The van der Waals surface area contributed by atoms with E-state index in [9.17, 15) is 0 Å². The van der Waals surface area contributed by atoms with E-state index < -0.39 is 0 Å². The molecule has 0 aromatic rings. The van der Waals surface area contributed by atoms with Crippen molar-refractivity contribution in [2.45, 2.75) is 276 Å². The van der Waals surface area contributed by atoms with Gasteiger partial charge in [-0.1, -0.05) is 250 Å². The molecular weight excluding hydrogens is 661 g/mol. The van der Waals surface area contributed by atoms with E-state index in [0.717, 1.165) is 59.2 Å². The molecule has 0 N–H and O–H groups in total. The van der Waals surface area contributed by atoms with Crippen LogP contribution in [0.3, 0.4) is 0 Å². The minimum absolute atomic E-state index is 1.11. The Hall–Kier alpha value is 0. The summed E-state index contributed by atoms with van der Waals surface area (Å²) in [5, 5.41) is 0. The van der Waals surface area contributed by atoms with Crippen molar-refractivity contribution in [2.75, 3.05) is 0 Å². The summed E-state index contributed by atoms with van der Waals surface area (Å²) in [5.74, 6) is 13.8. The molecule has 0 amide bonds. The standard InChI is InChI=1S/C12H22.C10H18.2C9H16.C8H14.C7H12/c1-2-6-12-9-3-7-11(5-1)8-4-10-12;1-3-9-5-2-6-10(4-1)8-7-9;1-3-8-5-2-6-9(4-1)7-8;1-2-8-4-6-9(3-1)7-5-8;1-2-7-4-5-8(3-1)6-7;1-2-6-4-7(3-1)5-6/h11-12H,1-10H2;9-10H,1-8H2;2*8-9H,1-7H2;7-8H,1-6H2;6-7H,1-5H2. The highest BCUT2D eigenvalue weighted by Gasteiger charge is 2.32. The SMILES string of the molecule is C1CC2CC(C1)C2.C1CC2CCC(C1)C2.C1CC2CCC(C1)CC2.C1CC2CCCC(C1)C2.C1CC2CCCC(C1)CC2.C1CCC2CCCC(C1)CCC2. The lowest BCUT2D eigenvalue weighted by Crippen LogP contribution is -2.28. The average Bonchev–Trinajstić information content (AvgIpc) is 3.51. The first-order valence-corrected chi connectivity index (χ1v) is 27.2. The quantitative estimate of drug-likeness (QED) is 0.231. The topological polar surface area (TPSA) is 0 Å². The molecule has 15 saturated carbocycles. The van der Waals surface area contributed by atoms with Crippen molar-refractivity contribution in [3.05, 3.63) is 0 Å². The summed E-state index contributed by atoms with van der Waals surface area (Å²) in [6.45, 7) is 0. The molecule has 0 saturated heterocycles. The summed E-state index contributed by atoms with van der Waals surface area (Å²) in [7, 11) is 0. The van der Waals surface area contributed by atoms with Crippen molar-refractivity contribution in [1.82, 2.24) is 0 Å². The summed E-state index contributed by atoms with van der Waals surface area (Å²) in [5.41, 5.74) is 0. The van der Waals surface area contributed by atoms with Crippen LogP contribution in [0.5, 0.6) is 0 Å². The van der Waals surface area contributed by atoms with Crippen LogP contribution in [0.25, 0.3) is 0 Å². The van der Waals surface area contributed by atoms with E-state index in [2.05, 4.69) is 0 Å². The third-order valence-electron chi connectivity index (χ3n) is 19.1. The van der Waals surface area contributed by atoms with Crippen LogP contribution in [0, 0.1) is 71.0 Å². The van der Waals surface area contributed by atoms with Gasteiger partial charge in [-0.3, -0.25) is 0 Å². The van der Waals surface area contributed by atoms with Crippen molar-refractivity contribution < 1.29 is 0 Å². The fraction of sp³-hybridized carbons (Fsp3) is 1.00. The third kappa shape index (κ3) is 15.5. The van der Waals surface area contributed by atoms with Crippen molar-refractivity contribution in [1.29, 1.82) is 0 Å². The Morgan fingerprint density at radius 3 is 0.491 bits per heavy atom. The Morgan fingerprint density at radius 2 is 0.255 bits per heavy atom. The molecule has 2 atom stereocenters. The summed E-state index contributed by atoms with van der Waals surface area (Å²) >= 11 is 0. The van der Waals surface area contributed by atoms with E-state index in [-0.39, 0.29) is 0 Å². The first-order valence-electron chi connectivity index (χ1n) is 27.2. The van der Waals surface area contributed by atoms with E-state index >= 15 is 0 Å². The van der Waals surface area contributed by atoms with Crippen LogP contribution in [0.4, 0.5) is 0 Å². The zero-order valence-electron chi connectivity index (χ0n) is 37.3. The predicted octanol–water partition coefficient (Wildman–Crippen LogP) is 18.3. The van der Waals surface area contributed by atoms with E-state index in [0.29, 0.717) is 0 Å². The summed E-state index contributed by atoms with van der Waals surface area (Å²) in [6, 6.07) is 0. The van der Waals surface area contributed by atoms with Crippen molar-refractivity contribution >= 4 is 0 Å². The van der Waals surface area contributed by atoms with Gasteiger partial charge < -0.3 is 0 Å². The van der Waals surface area contributed by atoms with Gasteiger partial charge in [0.2, 0.25) is 0 Å². The highest BCUT2D eigenvalue weighted by molar-refractivity contribution is 4.84. The van der Waals surface area contributed by atoms with Crippen LogP contribution in [0.2, 0.25) is 0 Å². The molecule has 0 aromatic carbocycles. The van der Waals surface area contributed by atoms with Gasteiger partial charge in [-0.25, -0.2) is 0 Å². The molecule has 0 aromatic heterocycles. The lowest BCUT2D eigenvalue weighted by atomic mass is 9.65. The van der Waals surface area contributed by atoms with Gasteiger partial charge in [-0.15, -0.1) is 0 Å². The molecule has 15 fully saturated rings. The molecule has 0 spiro atoms. The monoisotopic (exact) mass is 759 g/mol. The first-order chi connectivity index (χ1) is 27.2. The van der Waals surface area contributed by atoms with Crippen LogP contribution >= 0.6 is 0 Å². The second-order valence-electron chi connectivity index (χ2n) is 23.3. The summed E-state index contributed by atoms with van der Waals surface area (Å²) in [4.78, 5) is 0. The molecule has 55 heavy (non-hydrogen) atoms. The van der Waals surface area contributed by atoms with Gasteiger partial charge in [0.25, 0.3) is 0 Å². The van der Waals surface area contributed by atoms with Crippen molar-refractivity contribution in [3.8, 4) is 0 Å². The average molecular weight is 759 g/mol. The Morgan fingerprint density at radius 1 is 0.109 bits per heavy atom. The normalized spacial score (nSPS) is 42.3. The number of fused-ring (bicyclic) bond motifs is 20. The number of rotatable bonds is 0. The minimum Gasteiger partial charge on any atom is -0.0530 e. The molecular formula is C55H98. The fourth-order valence-electron chi connectivity index (χ4n) is 15.4. The highest BCUT2D eigenvalue weighted by atomic mass is 14.4. The maximum absolute atomic E-state index is 1.58. The molecule has 2 unspecified atom stereocenters.